The molecule has 2 bridgehead atoms. The Balaban J connectivity index is 1.43. The molecule has 232 valence electrons. The highest BCUT2D eigenvalue weighted by molar-refractivity contribution is 6.03. The van der Waals surface area contributed by atoms with Crippen LogP contribution in [0.1, 0.15) is 58.9 Å². The van der Waals surface area contributed by atoms with E-state index in [-0.39, 0.29) is 30.2 Å². The standard InChI is InChI=1S/C34H46N4O5/c1-5-37(6-2)26-17-15-25(16-18-26)36-31(41)29-34-21-23(3)33(4,43-34)27(30(40)35-22-24-13-9-7-10-14-24)28(34)32(42)38(29)19-11-8-12-20-39/h7,9-10,13-18,23,27-29,39H,5-6,8,11-12,19-22H2,1-4H3,(H,35,40)(H,36,41)/t23?,27-,28+,29?,33+,34?/m1/s1. The number of aliphatic hydroxyl groups excluding tert-OH is 1. The summed E-state index contributed by atoms with van der Waals surface area (Å²) in [7, 11) is 0. The number of carbonyl (C=O) groups is 3. The minimum atomic E-state index is -1.10. The fourth-order valence-corrected chi connectivity index (χ4v) is 7.70. The Hall–Kier alpha value is -3.43. The van der Waals surface area contributed by atoms with Crippen molar-refractivity contribution in [1.82, 2.24) is 10.2 Å². The minimum absolute atomic E-state index is 0.0259. The van der Waals surface area contributed by atoms with E-state index in [1.54, 1.807) is 4.90 Å². The summed E-state index contributed by atoms with van der Waals surface area (Å²) >= 11 is 0. The number of carbonyl (C=O) groups excluding carboxylic acids is 3. The lowest BCUT2D eigenvalue weighted by Crippen LogP contribution is -2.54. The molecule has 3 aliphatic heterocycles. The van der Waals surface area contributed by atoms with E-state index in [2.05, 4.69) is 36.3 Å². The summed E-state index contributed by atoms with van der Waals surface area (Å²) in [6, 6.07) is 16.6. The molecule has 0 radical (unpaired) electrons. The van der Waals surface area contributed by atoms with E-state index >= 15 is 0 Å². The van der Waals surface area contributed by atoms with E-state index in [0.29, 0.717) is 38.0 Å². The number of rotatable bonds is 13. The highest BCUT2D eigenvalue weighted by Crippen LogP contribution is 2.65. The number of fused-ring (bicyclic) bond motifs is 1. The van der Waals surface area contributed by atoms with Gasteiger partial charge in [0.1, 0.15) is 11.6 Å². The van der Waals surface area contributed by atoms with Crippen molar-refractivity contribution in [3.05, 3.63) is 60.2 Å². The summed E-state index contributed by atoms with van der Waals surface area (Å²) in [6.07, 6.45) is 2.53. The fraction of sp³-hybridized carbons (Fsp3) is 0.559. The Morgan fingerprint density at radius 3 is 2.37 bits per heavy atom. The van der Waals surface area contributed by atoms with Crippen LogP contribution < -0.4 is 15.5 Å². The van der Waals surface area contributed by atoms with Crippen LogP contribution in [0, 0.1) is 17.8 Å². The Labute approximate surface area is 255 Å². The zero-order valence-electron chi connectivity index (χ0n) is 25.8. The second kappa shape index (κ2) is 12.7. The molecule has 9 heteroatoms. The summed E-state index contributed by atoms with van der Waals surface area (Å²) in [5.74, 6) is -2.19. The Kier molecular flexibility index (Phi) is 9.13. The molecule has 9 nitrogen and oxygen atoms in total. The number of amides is 3. The van der Waals surface area contributed by atoms with E-state index in [4.69, 9.17) is 4.74 Å². The van der Waals surface area contributed by atoms with Crippen LogP contribution in [0.5, 0.6) is 0 Å². The van der Waals surface area contributed by atoms with Crippen molar-refractivity contribution < 1.29 is 24.2 Å². The van der Waals surface area contributed by atoms with Crippen LogP contribution in [-0.2, 0) is 25.7 Å². The topological polar surface area (TPSA) is 111 Å². The van der Waals surface area contributed by atoms with Gasteiger partial charge in [0.25, 0.3) is 0 Å². The monoisotopic (exact) mass is 590 g/mol. The van der Waals surface area contributed by atoms with Crippen LogP contribution in [0.25, 0.3) is 0 Å². The molecule has 2 aromatic carbocycles. The lowest BCUT2D eigenvalue weighted by Gasteiger charge is -2.36. The second-order valence-electron chi connectivity index (χ2n) is 12.4. The Morgan fingerprint density at radius 2 is 1.72 bits per heavy atom. The minimum Gasteiger partial charge on any atom is -0.396 e. The predicted molar refractivity (Wildman–Crippen MR) is 166 cm³/mol. The third-order valence-corrected chi connectivity index (χ3v) is 9.98. The van der Waals surface area contributed by atoms with Gasteiger partial charge in [-0.3, -0.25) is 14.4 Å². The van der Waals surface area contributed by atoms with E-state index in [1.165, 1.54) is 0 Å². The number of aliphatic hydroxyl groups is 1. The summed E-state index contributed by atoms with van der Waals surface area (Å²) in [6.45, 7) is 10.8. The van der Waals surface area contributed by atoms with Crippen molar-refractivity contribution in [2.75, 3.05) is 36.5 Å². The average molecular weight is 591 g/mol. The third kappa shape index (κ3) is 5.53. The van der Waals surface area contributed by atoms with Crippen LogP contribution in [0.15, 0.2) is 54.6 Å². The molecule has 43 heavy (non-hydrogen) atoms. The van der Waals surface area contributed by atoms with Gasteiger partial charge in [-0.05, 0) is 82.2 Å². The highest BCUT2D eigenvalue weighted by atomic mass is 16.5. The summed E-state index contributed by atoms with van der Waals surface area (Å²) < 4.78 is 6.82. The lowest BCUT2D eigenvalue weighted by atomic mass is 9.62. The normalized spacial score (nSPS) is 29.0. The van der Waals surface area contributed by atoms with Crippen LogP contribution in [0.2, 0.25) is 0 Å². The molecule has 3 unspecified atom stereocenters. The Bertz CT molecular complexity index is 1300. The van der Waals surface area contributed by atoms with Gasteiger partial charge in [-0.1, -0.05) is 37.3 Å². The van der Waals surface area contributed by atoms with E-state index in [1.807, 2.05) is 61.5 Å². The number of hydrogen-bond acceptors (Lipinski definition) is 6. The van der Waals surface area contributed by atoms with Crippen molar-refractivity contribution >= 4 is 29.1 Å². The van der Waals surface area contributed by atoms with E-state index < -0.39 is 29.1 Å². The zero-order valence-corrected chi connectivity index (χ0v) is 25.8. The number of anilines is 2. The maximum absolute atomic E-state index is 14.3. The first-order valence-corrected chi connectivity index (χ1v) is 15.8. The molecule has 3 saturated heterocycles. The molecular weight excluding hydrogens is 544 g/mol. The first-order valence-electron chi connectivity index (χ1n) is 15.8. The van der Waals surface area contributed by atoms with Crippen molar-refractivity contribution in [1.29, 1.82) is 0 Å². The van der Waals surface area contributed by atoms with Gasteiger partial charge in [0, 0.05) is 44.2 Å². The summed E-state index contributed by atoms with van der Waals surface area (Å²) in [5.41, 5.74) is 0.737. The number of hydrogen-bond donors (Lipinski definition) is 3. The highest BCUT2D eigenvalue weighted by Gasteiger charge is 2.79. The number of likely N-dealkylation sites (tertiary alicyclic amines) is 1. The van der Waals surface area contributed by atoms with Gasteiger partial charge < -0.3 is 30.3 Å². The zero-order chi connectivity index (χ0) is 30.8. The van der Waals surface area contributed by atoms with E-state index in [0.717, 1.165) is 30.8 Å². The first kappa shape index (κ1) is 31.0. The van der Waals surface area contributed by atoms with Crippen LogP contribution in [-0.4, -0.2) is 71.2 Å². The maximum Gasteiger partial charge on any atom is 0.250 e. The van der Waals surface area contributed by atoms with Gasteiger partial charge >= 0.3 is 0 Å². The number of ether oxygens (including phenoxy) is 1. The molecule has 6 atom stereocenters. The molecule has 0 aliphatic carbocycles. The molecule has 0 aromatic heterocycles. The molecule has 0 saturated carbocycles. The number of benzene rings is 2. The summed E-state index contributed by atoms with van der Waals surface area (Å²) in [4.78, 5) is 46.2. The number of nitrogens with zero attached hydrogens (tertiary/aromatic N) is 2. The SMILES string of the molecule is CCN(CC)c1ccc(NC(=O)C2N(CCCCCO)C(=O)[C@@H]3[C@H](C(=O)NCc4ccccc4)[C@@]4(C)OC23CC4C)cc1. The van der Waals surface area contributed by atoms with Crippen LogP contribution in [0.4, 0.5) is 11.4 Å². The predicted octanol–water partition coefficient (Wildman–Crippen LogP) is 3.96. The van der Waals surface area contributed by atoms with Crippen molar-refractivity contribution in [3.8, 4) is 0 Å². The Morgan fingerprint density at radius 1 is 1.02 bits per heavy atom. The molecule has 3 amide bonds. The molecule has 3 aliphatic rings. The van der Waals surface area contributed by atoms with Gasteiger partial charge in [-0.25, -0.2) is 0 Å². The first-order chi connectivity index (χ1) is 20.7. The molecule has 5 rings (SSSR count). The quantitative estimate of drug-likeness (QED) is 0.305. The molecular formula is C34H46N4O5. The van der Waals surface area contributed by atoms with Crippen molar-refractivity contribution in [2.45, 2.75) is 77.2 Å². The number of unbranched alkanes of at least 4 members (excludes halogenated alkanes) is 2. The van der Waals surface area contributed by atoms with Gasteiger partial charge in [0.05, 0.1) is 17.4 Å². The summed E-state index contributed by atoms with van der Waals surface area (Å²) in [5, 5.41) is 15.4. The van der Waals surface area contributed by atoms with Gasteiger partial charge in [0.15, 0.2) is 0 Å². The van der Waals surface area contributed by atoms with Gasteiger partial charge in [-0.2, -0.15) is 0 Å². The second-order valence-corrected chi connectivity index (χ2v) is 12.4. The molecule has 3 N–H and O–H groups in total. The maximum atomic E-state index is 14.3. The smallest absolute Gasteiger partial charge is 0.250 e. The third-order valence-electron chi connectivity index (χ3n) is 9.98. The molecule has 3 fully saturated rings. The fourth-order valence-electron chi connectivity index (χ4n) is 7.70. The van der Waals surface area contributed by atoms with E-state index in [9.17, 15) is 19.5 Å². The van der Waals surface area contributed by atoms with Gasteiger partial charge in [-0.15, -0.1) is 0 Å². The van der Waals surface area contributed by atoms with Crippen LogP contribution in [0.3, 0.4) is 0 Å². The van der Waals surface area contributed by atoms with Crippen molar-refractivity contribution in [2.24, 2.45) is 17.8 Å². The van der Waals surface area contributed by atoms with Crippen molar-refractivity contribution in [3.63, 3.8) is 0 Å². The number of nitrogens with one attached hydrogen (secondary N) is 2. The molecule has 2 aromatic rings. The lowest BCUT2D eigenvalue weighted by molar-refractivity contribution is -0.146. The molecule has 3 heterocycles. The molecule has 1 spiro atoms. The average Bonchev–Trinajstić information content (AvgIpc) is 3.52. The van der Waals surface area contributed by atoms with Crippen LogP contribution >= 0.6 is 0 Å². The largest absolute Gasteiger partial charge is 0.396 e. The van der Waals surface area contributed by atoms with Gasteiger partial charge in [0.2, 0.25) is 17.7 Å².